The average molecular weight is 468 g/mol. The van der Waals surface area contributed by atoms with Crippen molar-refractivity contribution >= 4 is 11.8 Å². The van der Waals surface area contributed by atoms with Crippen LogP contribution < -0.4 is 4.74 Å². The molecule has 0 fully saturated rings. The molecule has 0 aliphatic heterocycles. The van der Waals surface area contributed by atoms with Crippen LogP contribution in [-0.4, -0.2) is 29.0 Å². The minimum atomic E-state index is -0.354. The average Bonchev–Trinajstić information content (AvgIpc) is 2.88. The maximum absolute atomic E-state index is 11.9. The Kier molecular flexibility index (Phi) is 7.21. The third kappa shape index (κ3) is 5.55. The summed E-state index contributed by atoms with van der Waals surface area (Å²) >= 11 is 0. The molecule has 0 radical (unpaired) electrons. The van der Waals surface area contributed by atoms with Gasteiger partial charge in [0.15, 0.2) is 5.78 Å². The highest BCUT2D eigenvalue weighted by Crippen LogP contribution is 2.40. The van der Waals surface area contributed by atoms with Gasteiger partial charge in [-0.2, -0.15) is 0 Å². The number of nitrogens with zero attached hydrogens (tertiary/aromatic N) is 1. The number of esters is 1. The first-order valence-electron chi connectivity index (χ1n) is 11.1. The van der Waals surface area contributed by atoms with Crippen molar-refractivity contribution in [3.05, 3.63) is 113 Å². The van der Waals surface area contributed by atoms with Crippen molar-refractivity contribution in [3.8, 4) is 22.6 Å². The fourth-order valence-corrected chi connectivity index (χ4v) is 3.84. The summed E-state index contributed by atoms with van der Waals surface area (Å²) in [6.07, 6.45) is 3.94. The van der Waals surface area contributed by atoms with E-state index in [1.165, 1.54) is 14.0 Å². The van der Waals surface area contributed by atoms with Gasteiger partial charge in [-0.3, -0.25) is 9.78 Å². The molecule has 4 rings (SSSR count). The molecule has 176 valence electrons. The Morgan fingerprint density at radius 2 is 1.69 bits per heavy atom. The summed E-state index contributed by atoms with van der Waals surface area (Å²) in [6.45, 7) is 1.69. The zero-order valence-corrected chi connectivity index (χ0v) is 19.5. The van der Waals surface area contributed by atoms with Crippen LogP contribution in [0, 0.1) is 0 Å². The number of carbonyl (C=O) groups excluding carboxylic acids is 2. The number of methoxy groups -OCH3 is 1. The number of benzene rings is 3. The van der Waals surface area contributed by atoms with E-state index in [1.807, 2.05) is 48.5 Å². The minimum Gasteiger partial charge on any atom is -0.506 e. The molecule has 0 amide bonds. The number of carbonyl (C=O) groups is 2. The van der Waals surface area contributed by atoms with Crippen LogP contribution in [0.3, 0.4) is 0 Å². The van der Waals surface area contributed by atoms with Crippen LogP contribution in [0.5, 0.6) is 11.5 Å². The van der Waals surface area contributed by atoms with Gasteiger partial charge in [0.2, 0.25) is 0 Å². The molecule has 3 aromatic carbocycles. The third-order valence-electron chi connectivity index (χ3n) is 5.64. The molecule has 1 aromatic heterocycles. The monoisotopic (exact) mass is 467 g/mol. The summed E-state index contributed by atoms with van der Waals surface area (Å²) in [6, 6.07) is 22.2. The highest BCUT2D eigenvalue weighted by atomic mass is 16.5. The highest BCUT2D eigenvalue weighted by Gasteiger charge is 2.18. The molecular formula is C29H25NO5. The lowest BCUT2D eigenvalue weighted by molar-refractivity contribution is 0.0600. The molecule has 0 bridgehead atoms. The molecule has 0 unspecified atom stereocenters. The second-order valence-corrected chi connectivity index (χ2v) is 8.11. The Balaban J connectivity index is 1.50. The summed E-state index contributed by atoms with van der Waals surface area (Å²) in [5.41, 5.74) is 4.91. The number of phenols is 1. The van der Waals surface area contributed by atoms with Crippen molar-refractivity contribution in [2.45, 2.75) is 20.0 Å². The number of rotatable bonds is 8. The van der Waals surface area contributed by atoms with Gasteiger partial charge in [-0.1, -0.05) is 42.5 Å². The Labute approximate surface area is 203 Å². The fourth-order valence-electron chi connectivity index (χ4n) is 3.84. The lowest BCUT2D eigenvalue weighted by Gasteiger charge is -2.15. The van der Waals surface area contributed by atoms with Gasteiger partial charge in [-0.15, -0.1) is 0 Å². The van der Waals surface area contributed by atoms with Gasteiger partial charge in [0, 0.05) is 18.0 Å². The number of hydrogen-bond donors (Lipinski definition) is 1. The molecule has 0 atom stereocenters. The number of ether oxygens (including phenoxy) is 2. The van der Waals surface area contributed by atoms with Crippen molar-refractivity contribution in [2.24, 2.45) is 0 Å². The van der Waals surface area contributed by atoms with Crippen LogP contribution in [-0.2, 0) is 17.8 Å². The number of aromatic nitrogens is 1. The molecule has 6 nitrogen and oxygen atoms in total. The molecule has 35 heavy (non-hydrogen) atoms. The van der Waals surface area contributed by atoms with Crippen LogP contribution in [0.2, 0.25) is 0 Å². The summed E-state index contributed by atoms with van der Waals surface area (Å²) < 4.78 is 10.8. The topological polar surface area (TPSA) is 85.7 Å². The van der Waals surface area contributed by atoms with Crippen LogP contribution in [0.1, 0.15) is 44.3 Å². The third-order valence-corrected chi connectivity index (χ3v) is 5.64. The normalized spacial score (nSPS) is 10.6. The first-order valence-corrected chi connectivity index (χ1v) is 11.1. The van der Waals surface area contributed by atoms with E-state index in [-0.39, 0.29) is 29.7 Å². The Morgan fingerprint density at radius 3 is 2.37 bits per heavy atom. The molecule has 1 heterocycles. The van der Waals surface area contributed by atoms with E-state index in [2.05, 4.69) is 4.98 Å². The zero-order chi connectivity index (χ0) is 24.8. The Bertz CT molecular complexity index is 1350. The maximum atomic E-state index is 11.9. The van der Waals surface area contributed by atoms with Gasteiger partial charge in [0.05, 0.1) is 23.8 Å². The molecule has 1 N–H and O–H groups in total. The van der Waals surface area contributed by atoms with Gasteiger partial charge in [0.25, 0.3) is 0 Å². The van der Waals surface area contributed by atoms with Gasteiger partial charge >= 0.3 is 5.97 Å². The van der Waals surface area contributed by atoms with Crippen LogP contribution in [0.4, 0.5) is 0 Å². The molecule has 0 spiro atoms. The van der Waals surface area contributed by atoms with E-state index >= 15 is 0 Å². The number of hydrogen-bond acceptors (Lipinski definition) is 6. The van der Waals surface area contributed by atoms with Crippen molar-refractivity contribution in [1.82, 2.24) is 4.98 Å². The fraction of sp³-hybridized carbons (Fsp3) is 0.138. The first-order chi connectivity index (χ1) is 17.0. The van der Waals surface area contributed by atoms with E-state index in [0.717, 1.165) is 16.7 Å². The van der Waals surface area contributed by atoms with Gasteiger partial charge in [0.1, 0.15) is 18.1 Å². The van der Waals surface area contributed by atoms with Crippen molar-refractivity contribution in [1.29, 1.82) is 0 Å². The minimum absolute atomic E-state index is 0.118. The lowest BCUT2D eigenvalue weighted by atomic mass is 9.99. The summed E-state index contributed by atoms with van der Waals surface area (Å²) in [5.74, 6) is -0.240. The molecule has 0 aliphatic rings. The molecule has 6 heteroatoms. The molecular weight excluding hydrogens is 442 g/mol. The molecule has 0 saturated carbocycles. The van der Waals surface area contributed by atoms with Crippen LogP contribution >= 0.6 is 0 Å². The quantitative estimate of drug-likeness (QED) is 0.268. The molecule has 0 saturated heterocycles. The van der Waals surface area contributed by atoms with Crippen molar-refractivity contribution in [3.63, 3.8) is 0 Å². The number of phenolic OH excluding ortho intramolecular Hbond substituents is 1. The predicted molar refractivity (Wildman–Crippen MR) is 133 cm³/mol. The van der Waals surface area contributed by atoms with E-state index in [1.54, 1.807) is 36.7 Å². The number of Topliss-reactive ketones (excluding diaryl/α,β-unsaturated/α-hetero) is 1. The van der Waals surface area contributed by atoms with Crippen molar-refractivity contribution in [2.75, 3.05) is 7.11 Å². The largest absolute Gasteiger partial charge is 0.506 e. The van der Waals surface area contributed by atoms with Crippen LogP contribution in [0.15, 0.2) is 85.2 Å². The Morgan fingerprint density at radius 1 is 0.914 bits per heavy atom. The van der Waals surface area contributed by atoms with Gasteiger partial charge < -0.3 is 14.6 Å². The van der Waals surface area contributed by atoms with E-state index in [0.29, 0.717) is 28.9 Å². The van der Waals surface area contributed by atoms with E-state index < -0.39 is 0 Å². The van der Waals surface area contributed by atoms with Gasteiger partial charge in [-0.05, 0) is 60.4 Å². The standard InChI is InChI=1S/C29H25NO5/c1-19(31)25-12-13-26(27(28(25)32)24-7-4-14-30-17-24)35-18-21-10-8-20(9-11-21)15-22-5-3-6-23(16-22)29(33)34-2/h3-14,16-17,32H,15,18H2,1-2H3. The number of pyridine rings is 1. The smallest absolute Gasteiger partial charge is 0.337 e. The summed E-state index contributed by atoms with van der Waals surface area (Å²) in [4.78, 5) is 27.8. The van der Waals surface area contributed by atoms with Crippen LogP contribution in [0.25, 0.3) is 11.1 Å². The second kappa shape index (κ2) is 10.7. The van der Waals surface area contributed by atoms with Crippen molar-refractivity contribution < 1.29 is 24.2 Å². The SMILES string of the molecule is COC(=O)c1cccc(Cc2ccc(COc3ccc(C(C)=O)c(O)c3-c3cccnc3)cc2)c1. The molecule has 0 aliphatic carbocycles. The lowest BCUT2D eigenvalue weighted by Crippen LogP contribution is -2.02. The second-order valence-electron chi connectivity index (χ2n) is 8.11. The van der Waals surface area contributed by atoms with E-state index in [4.69, 9.17) is 9.47 Å². The highest BCUT2D eigenvalue weighted by molar-refractivity contribution is 6.00. The zero-order valence-electron chi connectivity index (χ0n) is 19.5. The first kappa shape index (κ1) is 23.7. The van der Waals surface area contributed by atoms with E-state index in [9.17, 15) is 14.7 Å². The Hall–Kier alpha value is -4.45. The number of ketones is 1. The summed E-state index contributed by atoms with van der Waals surface area (Å²) in [5, 5.41) is 10.8. The predicted octanol–water partition coefficient (Wildman–Crippen LogP) is 5.61. The summed E-state index contributed by atoms with van der Waals surface area (Å²) in [7, 11) is 1.37. The van der Waals surface area contributed by atoms with Gasteiger partial charge in [-0.25, -0.2) is 4.79 Å². The maximum Gasteiger partial charge on any atom is 0.337 e. The number of aromatic hydroxyl groups is 1. The molecule has 4 aromatic rings.